The molecule has 112 valence electrons. The Labute approximate surface area is 130 Å². The van der Waals surface area contributed by atoms with Crippen LogP contribution in [0.1, 0.15) is 5.56 Å². The third-order valence-corrected chi connectivity index (χ3v) is 4.41. The fourth-order valence-corrected chi connectivity index (χ4v) is 2.87. The highest BCUT2D eigenvalue weighted by Crippen LogP contribution is 2.30. The molecule has 0 aromatic heterocycles. The minimum Gasteiger partial charge on any atom is -0.399 e. The number of nitrogens with two attached hydrogens (primary N) is 2. The highest BCUT2D eigenvalue weighted by Gasteiger charge is 2.15. The van der Waals surface area contributed by atoms with E-state index in [4.69, 9.17) is 10.9 Å². The zero-order valence-corrected chi connectivity index (χ0v) is 13.4. The SMILES string of the molecule is Cc1cc(F)c(Br)cc1Nc1ccc(N)cc1S(N)(=O)=O. The molecule has 0 radical (unpaired) electrons. The second-order valence-electron chi connectivity index (χ2n) is 4.51. The molecule has 0 aliphatic heterocycles. The molecule has 5 N–H and O–H groups in total. The van der Waals surface area contributed by atoms with E-state index in [2.05, 4.69) is 21.2 Å². The number of hydrogen-bond acceptors (Lipinski definition) is 4. The first kappa shape index (κ1) is 15.7. The van der Waals surface area contributed by atoms with Gasteiger partial charge in [-0.15, -0.1) is 0 Å². The summed E-state index contributed by atoms with van der Waals surface area (Å²) in [6, 6.07) is 7.18. The third-order valence-electron chi connectivity index (χ3n) is 2.85. The Morgan fingerprint density at radius 3 is 2.48 bits per heavy atom. The van der Waals surface area contributed by atoms with Crippen molar-refractivity contribution in [3.63, 3.8) is 0 Å². The largest absolute Gasteiger partial charge is 0.399 e. The van der Waals surface area contributed by atoms with Crippen molar-refractivity contribution in [1.82, 2.24) is 0 Å². The average Bonchev–Trinajstić information content (AvgIpc) is 2.36. The molecular formula is C13H13BrFN3O2S. The maximum atomic E-state index is 13.4. The molecule has 0 spiro atoms. The zero-order chi connectivity index (χ0) is 15.8. The highest BCUT2D eigenvalue weighted by molar-refractivity contribution is 9.10. The molecule has 0 unspecified atom stereocenters. The summed E-state index contributed by atoms with van der Waals surface area (Å²) in [5.41, 5.74) is 7.31. The molecule has 0 saturated carbocycles. The number of rotatable bonds is 3. The zero-order valence-electron chi connectivity index (χ0n) is 11.0. The molecule has 0 aliphatic carbocycles. The van der Waals surface area contributed by atoms with E-state index in [1.807, 2.05) is 0 Å². The van der Waals surface area contributed by atoms with Gasteiger partial charge in [0.05, 0.1) is 10.2 Å². The van der Waals surface area contributed by atoms with Gasteiger partial charge in [0.2, 0.25) is 10.0 Å². The Hall–Kier alpha value is -1.64. The minimum atomic E-state index is -3.94. The predicted molar refractivity (Wildman–Crippen MR) is 84.3 cm³/mol. The van der Waals surface area contributed by atoms with Crippen molar-refractivity contribution in [2.45, 2.75) is 11.8 Å². The summed E-state index contributed by atoms with van der Waals surface area (Å²) < 4.78 is 36.9. The number of primary sulfonamides is 1. The molecule has 0 heterocycles. The summed E-state index contributed by atoms with van der Waals surface area (Å²) in [6.07, 6.45) is 0. The van der Waals surface area contributed by atoms with E-state index in [1.165, 1.54) is 24.3 Å². The van der Waals surface area contributed by atoms with E-state index >= 15 is 0 Å². The van der Waals surface area contributed by atoms with Crippen LogP contribution in [0.2, 0.25) is 0 Å². The summed E-state index contributed by atoms with van der Waals surface area (Å²) >= 11 is 3.09. The second-order valence-corrected chi connectivity index (χ2v) is 6.89. The van der Waals surface area contributed by atoms with E-state index in [0.717, 1.165) is 0 Å². The van der Waals surface area contributed by atoms with Crippen molar-refractivity contribution >= 4 is 43.0 Å². The lowest BCUT2D eigenvalue weighted by Crippen LogP contribution is -2.14. The van der Waals surface area contributed by atoms with Crippen molar-refractivity contribution < 1.29 is 12.8 Å². The van der Waals surface area contributed by atoms with Crippen LogP contribution >= 0.6 is 15.9 Å². The summed E-state index contributed by atoms with van der Waals surface area (Å²) in [7, 11) is -3.94. The Kier molecular flexibility index (Phi) is 4.22. The Balaban J connectivity index is 2.53. The van der Waals surface area contributed by atoms with Gasteiger partial charge < -0.3 is 11.1 Å². The number of nitrogen functional groups attached to an aromatic ring is 1. The van der Waals surface area contributed by atoms with Crippen molar-refractivity contribution in [2.24, 2.45) is 5.14 Å². The molecule has 0 saturated heterocycles. The van der Waals surface area contributed by atoms with Crippen LogP contribution in [0.5, 0.6) is 0 Å². The lowest BCUT2D eigenvalue weighted by molar-refractivity contribution is 0.598. The molecule has 0 amide bonds. The van der Waals surface area contributed by atoms with E-state index < -0.39 is 15.8 Å². The predicted octanol–water partition coefficient (Wildman–Crippen LogP) is 2.87. The van der Waals surface area contributed by atoms with E-state index in [9.17, 15) is 12.8 Å². The number of halogens is 2. The number of nitrogens with one attached hydrogen (secondary N) is 1. The molecule has 0 bridgehead atoms. The maximum Gasteiger partial charge on any atom is 0.240 e. The normalized spacial score (nSPS) is 11.4. The quantitative estimate of drug-likeness (QED) is 0.720. The van der Waals surface area contributed by atoms with Crippen LogP contribution in [0, 0.1) is 12.7 Å². The number of sulfonamides is 1. The number of anilines is 3. The van der Waals surface area contributed by atoms with Crippen molar-refractivity contribution in [2.75, 3.05) is 11.1 Å². The van der Waals surface area contributed by atoms with Crippen LogP contribution < -0.4 is 16.2 Å². The molecule has 2 aromatic rings. The summed E-state index contributed by atoms with van der Waals surface area (Å²) in [5.74, 6) is -0.401. The molecule has 0 atom stereocenters. The number of hydrogen-bond donors (Lipinski definition) is 3. The molecule has 5 nitrogen and oxygen atoms in total. The van der Waals surface area contributed by atoms with Crippen LogP contribution in [0.25, 0.3) is 0 Å². The first-order valence-corrected chi connectivity index (χ1v) is 8.17. The highest BCUT2D eigenvalue weighted by atomic mass is 79.9. The Bertz CT molecular complexity index is 809. The van der Waals surface area contributed by atoms with Gasteiger partial charge in [-0.05, 0) is 58.7 Å². The van der Waals surface area contributed by atoms with Gasteiger partial charge in [0.25, 0.3) is 0 Å². The van der Waals surface area contributed by atoms with Gasteiger partial charge in [0.1, 0.15) is 10.7 Å². The Morgan fingerprint density at radius 1 is 1.19 bits per heavy atom. The second kappa shape index (κ2) is 5.63. The molecule has 21 heavy (non-hydrogen) atoms. The molecule has 2 aromatic carbocycles. The number of benzene rings is 2. The lowest BCUT2D eigenvalue weighted by atomic mass is 10.2. The third kappa shape index (κ3) is 3.52. The smallest absolute Gasteiger partial charge is 0.240 e. The summed E-state index contributed by atoms with van der Waals surface area (Å²) in [4.78, 5) is -0.123. The van der Waals surface area contributed by atoms with Gasteiger partial charge >= 0.3 is 0 Å². The van der Waals surface area contributed by atoms with E-state index in [0.29, 0.717) is 11.3 Å². The van der Waals surface area contributed by atoms with Gasteiger partial charge in [0, 0.05) is 11.4 Å². The van der Waals surface area contributed by atoms with Gasteiger partial charge in [-0.25, -0.2) is 17.9 Å². The van der Waals surface area contributed by atoms with E-state index in [-0.39, 0.29) is 20.7 Å². The van der Waals surface area contributed by atoms with Crippen LogP contribution in [-0.2, 0) is 10.0 Å². The topological polar surface area (TPSA) is 98.2 Å². The standard InChI is InChI=1S/C13H13BrFN3O2S/c1-7-4-10(15)9(14)6-12(7)18-11-3-2-8(16)5-13(11)21(17,19)20/h2-6,18H,16H2,1H3,(H2,17,19,20). The molecule has 8 heteroatoms. The lowest BCUT2D eigenvalue weighted by Gasteiger charge is -2.14. The monoisotopic (exact) mass is 373 g/mol. The molecule has 0 fully saturated rings. The summed E-state index contributed by atoms with van der Waals surface area (Å²) in [6.45, 7) is 1.70. The molecule has 2 rings (SSSR count). The van der Waals surface area contributed by atoms with Gasteiger partial charge in [-0.1, -0.05) is 0 Å². The average molecular weight is 374 g/mol. The van der Waals surface area contributed by atoms with Crippen LogP contribution in [-0.4, -0.2) is 8.42 Å². The summed E-state index contributed by atoms with van der Waals surface area (Å²) in [5, 5.41) is 8.11. The number of aryl methyl sites for hydroxylation is 1. The van der Waals surface area contributed by atoms with Crippen molar-refractivity contribution in [3.8, 4) is 0 Å². The van der Waals surface area contributed by atoms with E-state index in [1.54, 1.807) is 13.0 Å². The fourth-order valence-electron chi connectivity index (χ4n) is 1.80. The van der Waals surface area contributed by atoms with Crippen molar-refractivity contribution in [3.05, 3.63) is 46.2 Å². The van der Waals surface area contributed by atoms with Crippen LogP contribution in [0.3, 0.4) is 0 Å². The molecular weight excluding hydrogens is 361 g/mol. The Morgan fingerprint density at radius 2 is 1.86 bits per heavy atom. The minimum absolute atomic E-state index is 0.123. The fraction of sp³-hybridized carbons (Fsp3) is 0.0769. The first-order chi connectivity index (χ1) is 9.68. The maximum absolute atomic E-state index is 13.4. The van der Waals surface area contributed by atoms with Gasteiger partial charge in [-0.2, -0.15) is 0 Å². The van der Waals surface area contributed by atoms with Gasteiger partial charge in [0.15, 0.2) is 0 Å². The first-order valence-electron chi connectivity index (χ1n) is 5.83. The molecule has 0 aliphatic rings. The van der Waals surface area contributed by atoms with Crippen LogP contribution in [0.15, 0.2) is 39.7 Å². The van der Waals surface area contributed by atoms with Gasteiger partial charge in [-0.3, -0.25) is 0 Å². The van der Waals surface area contributed by atoms with Crippen LogP contribution in [0.4, 0.5) is 21.5 Å². The van der Waals surface area contributed by atoms with Crippen molar-refractivity contribution in [1.29, 1.82) is 0 Å².